The van der Waals surface area contributed by atoms with E-state index in [9.17, 15) is 4.79 Å². The van der Waals surface area contributed by atoms with E-state index in [1.807, 2.05) is 17.5 Å². The maximum absolute atomic E-state index is 12.0. The van der Waals surface area contributed by atoms with Crippen molar-refractivity contribution in [1.82, 2.24) is 15.5 Å². The Bertz CT molecular complexity index is 572. The number of aromatic nitrogens is 2. The van der Waals surface area contributed by atoms with Crippen LogP contribution in [0, 0.1) is 0 Å². The lowest BCUT2D eigenvalue weighted by atomic mass is 10.2. The van der Waals surface area contributed by atoms with E-state index < -0.39 is 0 Å². The molecule has 1 aliphatic heterocycles. The van der Waals surface area contributed by atoms with Crippen LogP contribution in [0.4, 0.5) is 5.69 Å². The Kier molecular flexibility index (Phi) is 3.12. The van der Waals surface area contributed by atoms with Gasteiger partial charge >= 0.3 is 0 Å². The summed E-state index contributed by atoms with van der Waals surface area (Å²) in [5.41, 5.74) is 1.55. The first-order valence-electron chi connectivity index (χ1n) is 5.93. The molecule has 0 radical (unpaired) electrons. The van der Waals surface area contributed by atoms with Gasteiger partial charge < -0.3 is 10.2 Å². The quantitative estimate of drug-likeness (QED) is 0.844. The lowest BCUT2D eigenvalue weighted by Crippen LogP contribution is -2.44. The topological polar surface area (TPSA) is 61.0 Å². The molecule has 0 atom stereocenters. The molecule has 0 bridgehead atoms. The van der Waals surface area contributed by atoms with Crippen LogP contribution in [0.1, 0.15) is 0 Å². The van der Waals surface area contributed by atoms with E-state index >= 15 is 0 Å². The van der Waals surface area contributed by atoms with Crippen molar-refractivity contribution in [3.8, 4) is 10.4 Å². The molecule has 3 rings (SSSR count). The van der Waals surface area contributed by atoms with E-state index in [1.54, 1.807) is 17.5 Å². The highest BCUT2D eigenvalue weighted by Crippen LogP contribution is 2.30. The number of hydrogen-bond donors (Lipinski definition) is 2. The van der Waals surface area contributed by atoms with Gasteiger partial charge in [0.15, 0.2) is 0 Å². The predicted molar refractivity (Wildman–Crippen MR) is 73.3 cm³/mol. The van der Waals surface area contributed by atoms with Crippen LogP contribution in [-0.2, 0) is 0 Å². The van der Waals surface area contributed by atoms with Gasteiger partial charge in [0.2, 0.25) is 0 Å². The molecule has 2 aromatic rings. The normalized spacial score (nSPS) is 15.9. The molecule has 3 heterocycles. The smallest absolute Gasteiger partial charge is 0.274 e. The number of anilines is 1. The fourth-order valence-electron chi connectivity index (χ4n) is 2.19. The maximum Gasteiger partial charge on any atom is 0.274 e. The van der Waals surface area contributed by atoms with Crippen LogP contribution in [-0.4, -0.2) is 36.4 Å². The van der Waals surface area contributed by atoms with Crippen LogP contribution in [0.25, 0.3) is 10.4 Å². The average Bonchev–Trinajstić information content (AvgIpc) is 2.93. The number of H-pyrrole nitrogens is 1. The molecule has 18 heavy (non-hydrogen) atoms. The number of rotatable bonds is 2. The summed E-state index contributed by atoms with van der Waals surface area (Å²) in [6, 6.07) is 3.93. The average molecular weight is 262 g/mol. The molecule has 0 aromatic carbocycles. The molecule has 1 aliphatic rings. The molecule has 0 saturated carbocycles. The van der Waals surface area contributed by atoms with E-state index in [2.05, 4.69) is 20.4 Å². The van der Waals surface area contributed by atoms with Crippen molar-refractivity contribution in [2.24, 2.45) is 0 Å². The first kappa shape index (κ1) is 11.4. The number of hydrogen-bond acceptors (Lipinski definition) is 5. The Labute approximate surface area is 108 Å². The van der Waals surface area contributed by atoms with Crippen molar-refractivity contribution in [3.05, 3.63) is 34.1 Å². The highest BCUT2D eigenvalue weighted by atomic mass is 32.1. The summed E-state index contributed by atoms with van der Waals surface area (Å²) < 4.78 is 0. The molecule has 2 N–H and O–H groups in total. The maximum atomic E-state index is 12.0. The van der Waals surface area contributed by atoms with Gasteiger partial charge in [-0.15, -0.1) is 11.3 Å². The van der Waals surface area contributed by atoms with Crippen molar-refractivity contribution in [3.63, 3.8) is 0 Å². The van der Waals surface area contributed by atoms with E-state index in [-0.39, 0.29) is 5.56 Å². The molecule has 2 aromatic heterocycles. The monoisotopic (exact) mass is 262 g/mol. The fraction of sp³-hybridized carbons (Fsp3) is 0.333. The zero-order valence-corrected chi connectivity index (χ0v) is 10.7. The van der Waals surface area contributed by atoms with Gasteiger partial charge in [-0.05, 0) is 11.4 Å². The van der Waals surface area contributed by atoms with Crippen molar-refractivity contribution < 1.29 is 0 Å². The minimum atomic E-state index is -0.117. The Balaban J connectivity index is 2.09. The first-order valence-corrected chi connectivity index (χ1v) is 6.81. The van der Waals surface area contributed by atoms with Crippen molar-refractivity contribution >= 4 is 17.0 Å². The van der Waals surface area contributed by atoms with Crippen LogP contribution in [0.2, 0.25) is 0 Å². The number of thiophene rings is 1. The molecular weight excluding hydrogens is 248 g/mol. The first-order chi connectivity index (χ1) is 8.86. The highest BCUT2D eigenvalue weighted by molar-refractivity contribution is 7.13. The molecular formula is C12H14N4OS. The molecule has 94 valence electrons. The zero-order valence-electron chi connectivity index (χ0n) is 9.85. The minimum absolute atomic E-state index is 0.117. The Morgan fingerprint density at radius 1 is 1.33 bits per heavy atom. The SMILES string of the molecule is O=c1[nH]ncc(N2CCNCC2)c1-c1cccs1. The zero-order chi connectivity index (χ0) is 12.4. The summed E-state index contributed by atoms with van der Waals surface area (Å²) in [6.07, 6.45) is 1.75. The molecule has 1 fully saturated rings. The second kappa shape index (κ2) is 4.91. The number of aromatic amines is 1. The van der Waals surface area contributed by atoms with Gasteiger partial charge in [0.05, 0.1) is 17.4 Å². The summed E-state index contributed by atoms with van der Waals surface area (Å²) in [7, 11) is 0. The van der Waals surface area contributed by atoms with E-state index in [1.165, 1.54) is 0 Å². The highest BCUT2D eigenvalue weighted by Gasteiger charge is 2.18. The molecule has 0 aliphatic carbocycles. The van der Waals surface area contributed by atoms with Gasteiger partial charge in [0, 0.05) is 31.1 Å². The van der Waals surface area contributed by atoms with Gasteiger partial charge in [0.1, 0.15) is 0 Å². The number of nitrogens with one attached hydrogen (secondary N) is 2. The molecule has 0 spiro atoms. The van der Waals surface area contributed by atoms with Crippen molar-refractivity contribution in [1.29, 1.82) is 0 Å². The Morgan fingerprint density at radius 3 is 2.89 bits per heavy atom. The van der Waals surface area contributed by atoms with Crippen molar-refractivity contribution in [2.45, 2.75) is 0 Å². The largest absolute Gasteiger partial charge is 0.367 e. The molecule has 5 nitrogen and oxygen atoms in total. The van der Waals surface area contributed by atoms with Gasteiger partial charge in [-0.3, -0.25) is 4.79 Å². The fourth-order valence-corrected chi connectivity index (χ4v) is 2.97. The van der Waals surface area contributed by atoms with Crippen LogP contribution >= 0.6 is 11.3 Å². The standard InChI is InChI=1S/C12H14N4OS/c17-12-11(10-2-1-7-18-10)9(8-14-15-12)16-5-3-13-4-6-16/h1-2,7-8,13H,3-6H2,(H,15,17). The van der Waals surface area contributed by atoms with Crippen LogP contribution in [0.3, 0.4) is 0 Å². The lowest BCUT2D eigenvalue weighted by Gasteiger charge is -2.30. The third-order valence-corrected chi connectivity index (χ3v) is 3.95. The van der Waals surface area contributed by atoms with Crippen LogP contribution in [0.5, 0.6) is 0 Å². The summed E-state index contributed by atoms with van der Waals surface area (Å²) in [5, 5.41) is 11.8. The predicted octanol–water partition coefficient (Wildman–Crippen LogP) is 0.908. The summed E-state index contributed by atoms with van der Waals surface area (Å²) >= 11 is 1.58. The summed E-state index contributed by atoms with van der Waals surface area (Å²) in [6.45, 7) is 3.69. The van der Waals surface area contributed by atoms with Gasteiger partial charge in [-0.2, -0.15) is 5.10 Å². The third kappa shape index (κ3) is 2.04. The summed E-state index contributed by atoms with van der Waals surface area (Å²) in [5.74, 6) is 0. The molecule has 1 saturated heterocycles. The Morgan fingerprint density at radius 2 is 2.17 bits per heavy atom. The van der Waals surface area contributed by atoms with Gasteiger partial charge in [-0.1, -0.05) is 6.07 Å². The molecule has 6 heteroatoms. The third-order valence-electron chi connectivity index (χ3n) is 3.06. The summed E-state index contributed by atoms with van der Waals surface area (Å²) in [4.78, 5) is 15.2. The second-order valence-corrected chi connectivity index (χ2v) is 5.12. The minimum Gasteiger partial charge on any atom is -0.367 e. The number of piperazine rings is 1. The molecule has 0 amide bonds. The second-order valence-electron chi connectivity index (χ2n) is 4.17. The number of nitrogens with zero attached hydrogens (tertiary/aromatic N) is 2. The van der Waals surface area contributed by atoms with Crippen LogP contribution in [0.15, 0.2) is 28.5 Å². The van der Waals surface area contributed by atoms with Gasteiger partial charge in [0.25, 0.3) is 5.56 Å². The molecule has 0 unspecified atom stereocenters. The van der Waals surface area contributed by atoms with Crippen molar-refractivity contribution in [2.75, 3.05) is 31.1 Å². The lowest BCUT2D eigenvalue weighted by molar-refractivity contribution is 0.588. The van der Waals surface area contributed by atoms with Gasteiger partial charge in [-0.25, -0.2) is 5.10 Å². The Hall–Kier alpha value is -1.66. The van der Waals surface area contributed by atoms with E-state index in [4.69, 9.17) is 0 Å². The van der Waals surface area contributed by atoms with E-state index in [0.717, 1.165) is 42.3 Å². The van der Waals surface area contributed by atoms with E-state index in [0.29, 0.717) is 0 Å². The van der Waals surface area contributed by atoms with Crippen LogP contribution < -0.4 is 15.8 Å².